The number of hydrogen-bond donors (Lipinski definition) is 1. The minimum absolute atomic E-state index is 0.0604. The minimum Gasteiger partial charge on any atom is -0.372 e. The van der Waals surface area contributed by atoms with Crippen molar-refractivity contribution in [2.75, 3.05) is 19.8 Å². The van der Waals surface area contributed by atoms with Gasteiger partial charge in [-0.1, -0.05) is 6.07 Å². The molecule has 1 N–H and O–H groups in total. The standard InChI is InChI=1S/C18H23N5O3/c1-3-26-12-16(24)23-9-8-22-11-15(21-17(22)13(23)2)18(25)20-10-14-6-4-5-7-19-14/h4-7,11,13H,3,8-10,12H2,1-2H3,(H,20,25)/t13-/m1/s1. The van der Waals surface area contributed by atoms with Crippen LogP contribution in [0, 0.1) is 0 Å². The molecule has 1 atom stereocenters. The van der Waals surface area contributed by atoms with Crippen LogP contribution in [0.25, 0.3) is 0 Å². The highest BCUT2D eigenvalue weighted by molar-refractivity contribution is 5.92. The van der Waals surface area contributed by atoms with Crippen LogP contribution in [0.4, 0.5) is 0 Å². The van der Waals surface area contributed by atoms with Gasteiger partial charge in [-0.15, -0.1) is 0 Å². The molecular weight excluding hydrogens is 334 g/mol. The summed E-state index contributed by atoms with van der Waals surface area (Å²) >= 11 is 0. The quantitative estimate of drug-likeness (QED) is 0.838. The molecule has 138 valence electrons. The van der Waals surface area contributed by atoms with Crippen LogP contribution >= 0.6 is 0 Å². The molecule has 2 aromatic rings. The van der Waals surface area contributed by atoms with Crippen LogP contribution in [0.15, 0.2) is 30.6 Å². The third-order valence-corrected chi connectivity index (χ3v) is 4.37. The van der Waals surface area contributed by atoms with Gasteiger partial charge in [0, 0.05) is 32.1 Å². The normalized spacial score (nSPS) is 16.2. The number of carbonyl (C=O) groups is 2. The SMILES string of the molecule is CCOCC(=O)N1CCn2cc(C(=O)NCc3ccccn3)nc2[C@H]1C. The Labute approximate surface area is 152 Å². The molecule has 1 aliphatic rings. The van der Waals surface area contributed by atoms with Crippen molar-refractivity contribution >= 4 is 11.8 Å². The number of aromatic nitrogens is 3. The molecular formula is C18H23N5O3. The highest BCUT2D eigenvalue weighted by Crippen LogP contribution is 2.24. The monoisotopic (exact) mass is 357 g/mol. The first-order chi connectivity index (χ1) is 12.6. The third-order valence-electron chi connectivity index (χ3n) is 4.37. The van der Waals surface area contributed by atoms with Gasteiger partial charge >= 0.3 is 0 Å². The number of nitrogens with zero attached hydrogens (tertiary/aromatic N) is 4. The van der Waals surface area contributed by atoms with Crippen molar-refractivity contribution in [3.63, 3.8) is 0 Å². The Morgan fingerprint density at radius 2 is 2.19 bits per heavy atom. The van der Waals surface area contributed by atoms with Gasteiger partial charge in [0.1, 0.15) is 18.1 Å². The molecule has 0 bridgehead atoms. The summed E-state index contributed by atoms with van der Waals surface area (Å²) in [5.74, 6) is 0.399. The Morgan fingerprint density at radius 1 is 1.35 bits per heavy atom. The summed E-state index contributed by atoms with van der Waals surface area (Å²) in [5.41, 5.74) is 1.13. The predicted octanol–water partition coefficient (Wildman–Crippen LogP) is 1.15. The van der Waals surface area contributed by atoms with E-state index in [9.17, 15) is 9.59 Å². The van der Waals surface area contributed by atoms with Gasteiger partial charge < -0.3 is 19.5 Å². The fraction of sp³-hybridized carbons (Fsp3) is 0.444. The van der Waals surface area contributed by atoms with Crippen molar-refractivity contribution in [1.82, 2.24) is 24.8 Å². The molecule has 0 saturated heterocycles. The van der Waals surface area contributed by atoms with E-state index in [2.05, 4.69) is 15.3 Å². The van der Waals surface area contributed by atoms with Crippen molar-refractivity contribution in [2.24, 2.45) is 0 Å². The molecule has 0 fully saturated rings. The number of imidazole rings is 1. The Hall–Kier alpha value is -2.74. The van der Waals surface area contributed by atoms with Crippen LogP contribution in [0.5, 0.6) is 0 Å². The van der Waals surface area contributed by atoms with E-state index in [1.165, 1.54) is 0 Å². The lowest BCUT2D eigenvalue weighted by molar-refractivity contribution is -0.139. The van der Waals surface area contributed by atoms with E-state index in [4.69, 9.17) is 4.74 Å². The molecule has 3 heterocycles. The van der Waals surface area contributed by atoms with E-state index in [1.807, 2.05) is 36.6 Å². The number of fused-ring (bicyclic) bond motifs is 1. The maximum atomic E-state index is 12.4. The topological polar surface area (TPSA) is 89.4 Å². The lowest BCUT2D eigenvalue weighted by atomic mass is 10.2. The summed E-state index contributed by atoms with van der Waals surface area (Å²) in [6.45, 7) is 5.87. The first-order valence-electron chi connectivity index (χ1n) is 8.72. The highest BCUT2D eigenvalue weighted by atomic mass is 16.5. The molecule has 0 unspecified atom stereocenters. The van der Waals surface area contributed by atoms with E-state index >= 15 is 0 Å². The highest BCUT2D eigenvalue weighted by Gasteiger charge is 2.30. The van der Waals surface area contributed by atoms with Crippen molar-refractivity contribution in [3.8, 4) is 0 Å². The van der Waals surface area contributed by atoms with E-state index < -0.39 is 0 Å². The largest absolute Gasteiger partial charge is 0.372 e. The fourth-order valence-corrected chi connectivity index (χ4v) is 2.98. The molecule has 0 spiro atoms. The molecule has 8 heteroatoms. The minimum atomic E-state index is -0.253. The van der Waals surface area contributed by atoms with Gasteiger partial charge in [0.2, 0.25) is 5.91 Å². The molecule has 0 saturated carbocycles. The molecule has 8 nitrogen and oxygen atoms in total. The van der Waals surface area contributed by atoms with Crippen LogP contribution in [0.2, 0.25) is 0 Å². The summed E-state index contributed by atoms with van der Waals surface area (Å²) in [5, 5.41) is 2.82. The Balaban J connectivity index is 1.66. The number of rotatable bonds is 6. The number of hydrogen-bond acceptors (Lipinski definition) is 5. The number of amides is 2. The van der Waals surface area contributed by atoms with Crippen molar-refractivity contribution in [1.29, 1.82) is 0 Å². The van der Waals surface area contributed by atoms with E-state index in [0.717, 1.165) is 5.69 Å². The third kappa shape index (κ3) is 3.91. The summed E-state index contributed by atoms with van der Waals surface area (Å²) in [7, 11) is 0. The lowest BCUT2D eigenvalue weighted by Gasteiger charge is -2.33. The summed E-state index contributed by atoms with van der Waals surface area (Å²) in [6, 6.07) is 5.35. The molecule has 0 aliphatic carbocycles. The smallest absolute Gasteiger partial charge is 0.271 e. The summed E-state index contributed by atoms with van der Waals surface area (Å²) in [6.07, 6.45) is 3.43. The molecule has 0 radical (unpaired) electrons. The zero-order valence-electron chi connectivity index (χ0n) is 15.0. The summed E-state index contributed by atoms with van der Waals surface area (Å²) in [4.78, 5) is 35.0. The second-order valence-electron chi connectivity index (χ2n) is 6.08. The van der Waals surface area contributed by atoms with E-state index in [0.29, 0.717) is 37.8 Å². The van der Waals surface area contributed by atoms with Crippen molar-refractivity contribution in [3.05, 3.63) is 47.8 Å². The number of pyridine rings is 1. The van der Waals surface area contributed by atoms with Crippen molar-refractivity contribution < 1.29 is 14.3 Å². The van der Waals surface area contributed by atoms with Gasteiger partial charge in [-0.2, -0.15) is 0 Å². The van der Waals surface area contributed by atoms with Crippen LogP contribution in [-0.4, -0.2) is 51.0 Å². The molecule has 1 aliphatic heterocycles. The van der Waals surface area contributed by atoms with Crippen LogP contribution < -0.4 is 5.32 Å². The first kappa shape index (κ1) is 18.1. The van der Waals surface area contributed by atoms with Crippen LogP contribution in [0.1, 0.15) is 41.9 Å². The van der Waals surface area contributed by atoms with Gasteiger partial charge in [-0.05, 0) is 26.0 Å². The Morgan fingerprint density at radius 3 is 2.92 bits per heavy atom. The maximum Gasteiger partial charge on any atom is 0.271 e. The Kier molecular flexibility index (Phi) is 5.62. The average Bonchev–Trinajstić information content (AvgIpc) is 3.10. The predicted molar refractivity (Wildman–Crippen MR) is 94.3 cm³/mol. The number of carbonyl (C=O) groups excluding carboxylic acids is 2. The van der Waals surface area contributed by atoms with E-state index in [-0.39, 0.29) is 24.5 Å². The molecule has 26 heavy (non-hydrogen) atoms. The van der Waals surface area contributed by atoms with Gasteiger partial charge in [-0.3, -0.25) is 14.6 Å². The molecule has 0 aromatic carbocycles. The van der Waals surface area contributed by atoms with Crippen LogP contribution in [0.3, 0.4) is 0 Å². The second-order valence-corrected chi connectivity index (χ2v) is 6.08. The fourth-order valence-electron chi connectivity index (χ4n) is 2.98. The zero-order valence-corrected chi connectivity index (χ0v) is 15.0. The first-order valence-corrected chi connectivity index (χ1v) is 8.72. The average molecular weight is 357 g/mol. The molecule has 3 rings (SSSR count). The van der Waals surface area contributed by atoms with Gasteiger partial charge in [-0.25, -0.2) is 4.98 Å². The van der Waals surface area contributed by atoms with Crippen LogP contribution in [-0.2, 0) is 22.6 Å². The van der Waals surface area contributed by atoms with Gasteiger partial charge in [0.05, 0.1) is 18.3 Å². The lowest BCUT2D eigenvalue weighted by Crippen LogP contribution is -2.42. The molecule has 2 aromatic heterocycles. The number of ether oxygens (including phenoxy) is 1. The van der Waals surface area contributed by atoms with Crippen molar-refractivity contribution in [2.45, 2.75) is 33.0 Å². The van der Waals surface area contributed by atoms with E-state index in [1.54, 1.807) is 17.3 Å². The Bertz CT molecular complexity index is 774. The summed E-state index contributed by atoms with van der Waals surface area (Å²) < 4.78 is 7.15. The van der Waals surface area contributed by atoms with Gasteiger partial charge in [0.25, 0.3) is 5.91 Å². The zero-order chi connectivity index (χ0) is 18.5. The second kappa shape index (κ2) is 8.09. The number of nitrogens with one attached hydrogen (secondary N) is 1. The van der Waals surface area contributed by atoms with Gasteiger partial charge in [0.15, 0.2) is 0 Å². The maximum absolute atomic E-state index is 12.4. The molecule has 2 amide bonds.